The zero-order valence-corrected chi connectivity index (χ0v) is 12.4. The molecule has 1 aromatic rings. The van der Waals surface area contributed by atoms with Crippen molar-refractivity contribution in [3.05, 3.63) is 34.9 Å². The normalized spacial score (nSPS) is 33.9. The minimum absolute atomic E-state index is 0.176. The number of carbonyl (C=O) groups is 1. The third kappa shape index (κ3) is 1.94. The number of piperidine rings is 1. The van der Waals surface area contributed by atoms with E-state index in [1.165, 1.54) is 43.2 Å². The van der Waals surface area contributed by atoms with E-state index in [9.17, 15) is 9.90 Å². The van der Waals surface area contributed by atoms with Gasteiger partial charge in [-0.1, -0.05) is 31.0 Å². The molecule has 2 aliphatic carbocycles. The van der Waals surface area contributed by atoms with E-state index in [4.69, 9.17) is 0 Å². The van der Waals surface area contributed by atoms with Crippen molar-refractivity contribution in [1.82, 2.24) is 5.32 Å². The highest BCUT2D eigenvalue weighted by Crippen LogP contribution is 2.54. The Morgan fingerprint density at radius 3 is 3.10 bits per heavy atom. The first-order valence-electron chi connectivity index (χ1n) is 8.27. The molecule has 0 spiro atoms. The number of aliphatic carboxylic acids is 1. The number of fused-ring (bicyclic) bond motifs is 1. The van der Waals surface area contributed by atoms with Gasteiger partial charge in [-0.15, -0.1) is 0 Å². The Kier molecular flexibility index (Phi) is 3.07. The van der Waals surface area contributed by atoms with Gasteiger partial charge in [0.2, 0.25) is 0 Å². The third-order valence-electron chi connectivity index (χ3n) is 6.08. The first kappa shape index (κ1) is 13.3. The molecule has 112 valence electrons. The van der Waals surface area contributed by atoms with E-state index in [0.717, 1.165) is 18.5 Å². The van der Waals surface area contributed by atoms with E-state index in [0.29, 0.717) is 12.0 Å². The van der Waals surface area contributed by atoms with E-state index in [2.05, 4.69) is 17.4 Å². The fourth-order valence-corrected chi connectivity index (χ4v) is 5.45. The molecule has 3 nitrogen and oxygen atoms in total. The predicted octanol–water partition coefficient (Wildman–Crippen LogP) is 2.66. The van der Waals surface area contributed by atoms with Crippen LogP contribution in [0.5, 0.6) is 0 Å². The third-order valence-corrected chi connectivity index (χ3v) is 6.08. The maximum Gasteiger partial charge on any atom is 0.307 e. The molecule has 2 bridgehead atoms. The lowest BCUT2D eigenvalue weighted by Crippen LogP contribution is -2.59. The largest absolute Gasteiger partial charge is 0.481 e. The van der Waals surface area contributed by atoms with E-state index < -0.39 is 5.97 Å². The van der Waals surface area contributed by atoms with Crippen molar-refractivity contribution in [2.24, 2.45) is 5.92 Å². The Hall–Kier alpha value is -1.35. The van der Waals surface area contributed by atoms with Crippen molar-refractivity contribution < 1.29 is 9.90 Å². The molecule has 0 aromatic heterocycles. The summed E-state index contributed by atoms with van der Waals surface area (Å²) in [6.45, 7) is 1.09. The second-order valence-electron chi connectivity index (χ2n) is 7.04. The van der Waals surface area contributed by atoms with Crippen molar-refractivity contribution in [2.75, 3.05) is 6.54 Å². The average Bonchev–Trinajstić information content (AvgIpc) is 2.46. The molecule has 3 atom stereocenters. The van der Waals surface area contributed by atoms with E-state index in [-0.39, 0.29) is 11.8 Å². The fraction of sp³-hybridized carbons (Fsp3) is 0.611. The Balaban J connectivity index is 1.89. The maximum absolute atomic E-state index is 11.3. The van der Waals surface area contributed by atoms with Crippen LogP contribution in [-0.4, -0.2) is 23.7 Å². The van der Waals surface area contributed by atoms with Crippen LogP contribution in [0.15, 0.2) is 18.2 Å². The topological polar surface area (TPSA) is 49.3 Å². The summed E-state index contributed by atoms with van der Waals surface area (Å²) in [6, 6.07) is 6.93. The summed E-state index contributed by atoms with van der Waals surface area (Å²) < 4.78 is 0. The zero-order chi connectivity index (χ0) is 14.4. The molecule has 0 radical (unpaired) electrons. The van der Waals surface area contributed by atoms with Crippen LogP contribution in [0.4, 0.5) is 0 Å². The summed E-state index contributed by atoms with van der Waals surface area (Å²) in [4.78, 5) is 11.3. The van der Waals surface area contributed by atoms with Gasteiger partial charge in [0.25, 0.3) is 0 Å². The Morgan fingerprint density at radius 2 is 2.24 bits per heavy atom. The number of benzene rings is 1. The van der Waals surface area contributed by atoms with Crippen LogP contribution < -0.4 is 5.32 Å². The molecule has 1 saturated heterocycles. The van der Waals surface area contributed by atoms with Crippen molar-refractivity contribution in [3.8, 4) is 0 Å². The van der Waals surface area contributed by atoms with E-state index in [1.54, 1.807) is 0 Å². The van der Waals surface area contributed by atoms with Crippen LogP contribution in [0, 0.1) is 5.92 Å². The molecule has 0 amide bonds. The number of carboxylic acids is 1. The average molecular weight is 285 g/mol. The van der Waals surface area contributed by atoms with Crippen molar-refractivity contribution in [3.63, 3.8) is 0 Å². The number of carboxylic acid groups (broad SMARTS) is 1. The van der Waals surface area contributed by atoms with Crippen LogP contribution in [0.25, 0.3) is 0 Å². The molecule has 1 heterocycles. The molecule has 1 aliphatic heterocycles. The second kappa shape index (κ2) is 4.84. The Labute approximate surface area is 125 Å². The van der Waals surface area contributed by atoms with E-state index >= 15 is 0 Å². The zero-order valence-electron chi connectivity index (χ0n) is 12.4. The molecular formula is C18H23NO2. The highest BCUT2D eigenvalue weighted by atomic mass is 16.4. The predicted molar refractivity (Wildman–Crippen MR) is 81.5 cm³/mol. The van der Waals surface area contributed by atoms with Crippen molar-refractivity contribution in [1.29, 1.82) is 0 Å². The molecule has 4 rings (SSSR count). The van der Waals surface area contributed by atoms with Crippen LogP contribution >= 0.6 is 0 Å². The van der Waals surface area contributed by atoms with Gasteiger partial charge >= 0.3 is 5.97 Å². The van der Waals surface area contributed by atoms with Crippen LogP contribution in [0.2, 0.25) is 0 Å². The highest BCUT2D eigenvalue weighted by molar-refractivity contribution is 5.71. The molecular weight excluding hydrogens is 262 g/mol. The van der Waals surface area contributed by atoms with Crippen molar-refractivity contribution >= 4 is 5.97 Å². The smallest absolute Gasteiger partial charge is 0.307 e. The molecule has 2 N–H and O–H groups in total. The van der Waals surface area contributed by atoms with Gasteiger partial charge in [-0.3, -0.25) is 4.79 Å². The summed E-state index contributed by atoms with van der Waals surface area (Å²) in [6.07, 6.45) is 7.62. The van der Waals surface area contributed by atoms with Crippen LogP contribution in [0.3, 0.4) is 0 Å². The Morgan fingerprint density at radius 1 is 1.33 bits per heavy atom. The molecule has 1 aromatic carbocycles. The molecule has 3 heteroatoms. The van der Waals surface area contributed by atoms with Gasteiger partial charge in [-0.05, 0) is 54.8 Å². The fourth-order valence-electron chi connectivity index (χ4n) is 5.45. The SMILES string of the molecule is O=C(O)Cc1cccc2c1[C@@]13CCCC[C@H]1[C@@H](C2)NCC3. The lowest BCUT2D eigenvalue weighted by Gasteiger charge is -2.56. The van der Waals surface area contributed by atoms with Gasteiger partial charge in [0.15, 0.2) is 0 Å². The number of nitrogens with one attached hydrogen (secondary N) is 1. The first-order chi connectivity index (χ1) is 10.2. The summed E-state index contributed by atoms with van der Waals surface area (Å²) in [5, 5.41) is 13.0. The van der Waals surface area contributed by atoms with Gasteiger partial charge in [0.05, 0.1) is 6.42 Å². The molecule has 21 heavy (non-hydrogen) atoms. The molecule has 3 aliphatic rings. The van der Waals surface area contributed by atoms with Crippen LogP contribution in [-0.2, 0) is 23.1 Å². The second-order valence-corrected chi connectivity index (χ2v) is 7.04. The van der Waals surface area contributed by atoms with Crippen LogP contribution in [0.1, 0.15) is 48.8 Å². The number of hydrogen-bond donors (Lipinski definition) is 2. The van der Waals surface area contributed by atoms with Gasteiger partial charge in [0.1, 0.15) is 0 Å². The van der Waals surface area contributed by atoms with Gasteiger partial charge in [-0.25, -0.2) is 0 Å². The van der Waals surface area contributed by atoms with Gasteiger partial charge < -0.3 is 10.4 Å². The monoisotopic (exact) mass is 285 g/mol. The summed E-state index contributed by atoms with van der Waals surface area (Å²) in [7, 11) is 0. The summed E-state index contributed by atoms with van der Waals surface area (Å²) in [5.74, 6) is 0.00524. The number of rotatable bonds is 2. The van der Waals surface area contributed by atoms with Crippen molar-refractivity contribution in [2.45, 2.75) is 56.4 Å². The molecule has 2 fully saturated rings. The van der Waals surface area contributed by atoms with Gasteiger partial charge in [-0.2, -0.15) is 0 Å². The summed E-state index contributed by atoms with van der Waals surface area (Å²) >= 11 is 0. The molecule has 1 saturated carbocycles. The maximum atomic E-state index is 11.3. The van der Waals surface area contributed by atoms with Gasteiger partial charge in [0, 0.05) is 11.5 Å². The number of hydrogen-bond acceptors (Lipinski definition) is 2. The lowest BCUT2D eigenvalue weighted by molar-refractivity contribution is -0.136. The highest BCUT2D eigenvalue weighted by Gasteiger charge is 2.52. The first-order valence-corrected chi connectivity index (χ1v) is 8.27. The van der Waals surface area contributed by atoms with E-state index in [1.807, 2.05) is 6.07 Å². The summed E-state index contributed by atoms with van der Waals surface area (Å²) in [5.41, 5.74) is 4.17. The quantitative estimate of drug-likeness (QED) is 0.878. The Bertz CT molecular complexity index is 579. The lowest BCUT2D eigenvalue weighted by atomic mass is 9.52. The minimum atomic E-state index is -0.705. The standard InChI is InChI=1S/C18H23NO2/c20-16(21)11-13-5-3-4-12-10-15-14-6-1-2-7-18(14,17(12)13)8-9-19-15/h3-5,14-15,19H,1-2,6-11H2,(H,20,21)/t14-,15+,18+/m0/s1. The minimum Gasteiger partial charge on any atom is -0.481 e. The molecule has 0 unspecified atom stereocenters.